The number of methoxy groups -OCH3 is 1. The van der Waals surface area contributed by atoms with Crippen molar-refractivity contribution in [2.24, 2.45) is 0 Å². The molecule has 0 aliphatic rings. The summed E-state index contributed by atoms with van der Waals surface area (Å²) in [5.41, 5.74) is 0. The van der Waals surface area contributed by atoms with Gasteiger partial charge in [-0.1, -0.05) is 0 Å². The number of ether oxygens (including phenoxy) is 1. The molecule has 0 aromatic carbocycles. The van der Waals surface area contributed by atoms with Crippen LogP contribution in [0.4, 0.5) is 0 Å². The van der Waals surface area contributed by atoms with Gasteiger partial charge in [-0.25, -0.2) is 0 Å². The molecule has 10 heavy (non-hydrogen) atoms. The first-order valence-electron chi connectivity index (χ1n) is 2.77. The zero-order chi connectivity index (χ0) is 7.40. The molecule has 0 fully saturated rings. The van der Waals surface area contributed by atoms with Crippen LogP contribution in [-0.4, -0.2) is 7.11 Å². The molecule has 1 heterocycles. The maximum absolute atomic E-state index is 4.78. The highest BCUT2D eigenvalue weighted by molar-refractivity contribution is 9.10. The Bertz CT molecular complexity index is 229. The fourth-order valence-electron chi connectivity index (χ4n) is 0.554. The van der Waals surface area contributed by atoms with E-state index >= 15 is 0 Å². The van der Waals surface area contributed by atoms with Crippen LogP contribution in [0.5, 0.6) is 0 Å². The van der Waals surface area contributed by atoms with Gasteiger partial charge in [-0.15, -0.1) is 11.3 Å². The molecule has 3 heteroatoms. The Morgan fingerprint density at radius 3 is 3.00 bits per heavy atom. The Hall–Kier alpha value is -0.280. The number of thiophene rings is 1. The van der Waals surface area contributed by atoms with Crippen molar-refractivity contribution in [3.8, 4) is 0 Å². The third-order valence-corrected chi connectivity index (χ3v) is 2.84. The normalized spacial score (nSPS) is 10.6. The summed E-state index contributed by atoms with van der Waals surface area (Å²) in [4.78, 5) is 1.18. The fraction of sp³-hybridized carbons (Fsp3) is 0.143. The van der Waals surface area contributed by atoms with Crippen molar-refractivity contribution in [2.75, 3.05) is 7.11 Å². The summed E-state index contributed by atoms with van der Waals surface area (Å²) in [6.07, 6.45) is 3.59. The van der Waals surface area contributed by atoms with Gasteiger partial charge in [-0.3, -0.25) is 0 Å². The van der Waals surface area contributed by atoms with Gasteiger partial charge in [0.05, 0.1) is 13.4 Å². The second kappa shape index (κ2) is 3.78. The van der Waals surface area contributed by atoms with Gasteiger partial charge in [0.1, 0.15) is 0 Å². The Balaban J connectivity index is 2.74. The van der Waals surface area contributed by atoms with E-state index in [4.69, 9.17) is 4.74 Å². The summed E-state index contributed by atoms with van der Waals surface area (Å²) in [5.74, 6) is 0. The Morgan fingerprint density at radius 2 is 2.50 bits per heavy atom. The van der Waals surface area contributed by atoms with Crippen molar-refractivity contribution < 1.29 is 4.74 Å². The first-order chi connectivity index (χ1) is 4.84. The van der Waals surface area contributed by atoms with Crippen molar-refractivity contribution in [1.29, 1.82) is 0 Å². The molecule has 0 aliphatic carbocycles. The predicted molar refractivity (Wildman–Crippen MR) is 48.1 cm³/mol. The standard InChI is InChI=1S/C7H7BrOS/c1-9-4-2-7-6(8)3-5-10-7/h2-5H,1H3/b4-2+. The summed E-state index contributed by atoms with van der Waals surface area (Å²) in [6.45, 7) is 0. The molecule has 0 aliphatic heterocycles. The summed E-state index contributed by atoms with van der Waals surface area (Å²) < 4.78 is 5.89. The highest BCUT2D eigenvalue weighted by Gasteiger charge is 1.94. The van der Waals surface area contributed by atoms with Crippen LogP contribution < -0.4 is 0 Å². The van der Waals surface area contributed by atoms with Crippen LogP contribution >= 0.6 is 27.3 Å². The van der Waals surface area contributed by atoms with Crippen molar-refractivity contribution in [1.82, 2.24) is 0 Å². The molecular formula is C7H7BrOS. The zero-order valence-electron chi connectivity index (χ0n) is 5.50. The summed E-state index contributed by atoms with van der Waals surface area (Å²) >= 11 is 5.08. The lowest BCUT2D eigenvalue weighted by Gasteiger charge is -1.86. The van der Waals surface area contributed by atoms with Crippen LogP contribution in [0, 0.1) is 0 Å². The van der Waals surface area contributed by atoms with E-state index in [0.29, 0.717) is 0 Å². The predicted octanol–water partition coefficient (Wildman–Crippen LogP) is 3.13. The molecule has 1 aromatic heterocycles. The number of halogens is 1. The van der Waals surface area contributed by atoms with Gasteiger partial charge in [0.25, 0.3) is 0 Å². The molecule has 0 radical (unpaired) electrons. The molecule has 0 amide bonds. The zero-order valence-corrected chi connectivity index (χ0v) is 7.91. The maximum Gasteiger partial charge on any atom is 0.0839 e. The first-order valence-corrected chi connectivity index (χ1v) is 4.44. The van der Waals surface area contributed by atoms with Gasteiger partial charge in [0, 0.05) is 9.35 Å². The monoisotopic (exact) mass is 218 g/mol. The molecule has 0 saturated carbocycles. The van der Waals surface area contributed by atoms with Gasteiger partial charge >= 0.3 is 0 Å². The molecule has 54 valence electrons. The third kappa shape index (κ3) is 1.85. The Kier molecular flexibility index (Phi) is 2.96. The van der Waals surface area contributed by atoms with E-state index in [1.165, 1.54) is 4.88 Å². The molecule has 0 N–H and O–H groups in total. The van der Waals surface area contributed by atoms with E-state index < -0.39 is 0 Å². The van der Waals surface area contributed by atoms with Crippen LogP contribution in [0.2, 0.25) is 0 Å². The maximum atomic E-state index is 4.78. The lowest BCUT2D eigenvalue weighted by atomic mass is 10.5. The molecule has 0 saturated heterocycles. The SMILES string of the molecule is CO/C=C/c1sccc1Br. The van der Waals surface area contributed by atoms with E-state index in [1.807, 2.05) is 17.5 Å². The molecule has 1 nitrogen and oxygen atoms in total. The minimum absolute atomic E-state index is 1.12. The average molecular weight is 219 g/mol. The third-order valence-electron chi connectivity index (χ3n) is 1.00. The van der Waals surface area contributed by atoms with Crippen molar-refractivity contribution in [2.45, 2.75) is 0 Å². The van der Waals surface area contributed by atoms with Gasteiger partial charge in [0.2, 0.25) is 0 Å². The van der Waals surface area contributed by atoms with Crippen LogP contribution in [0.25, 0.3) is 6.08 Å². The summed E-state index contributed by atoms with van der Waals surface area (Å²) in [7, 11) is 1.64. The quantitative estimate of drug-likeness (QED) is 0.694. The number of hydrogen-bond acceptors (Lipinski definition) is 2. The second-order valence-electron chi connectivity index (χ2n) is 1.67. The molecule has 0 unspecified atom stereocenters. The van der Waals surface area contributed by atoms with E-state index in [9.17, 15) is 0 Å². The van der Waals surface area contributed by atoms with Crippen LogP contribution in [-0.2, 0) is 4.74 Å². The molecule has 1 rings (SSSR count). The minimum atomic E-state index is 1.12. The first kappa shape index (κ1) is 7.82. The highest BCUT2D eigenvalue weighted by Crippen LogP contribution is 2.23. The second-order valence-corrected chi connectivity index (χ2v) is 3.47. The van der Waals surface area contributed by atoms with Gasteiger partial charge in [-0.05, 0) is 33.5 Å². The largest absolute Gasteiger partial charge is 0.504 e. The van der Waals surface area contributed by atoms with Crippen LogP contribution in [0.1, 0.15) is 4.88 Å². The average Bonchev–Trinajstić information content (AvgIpc) is 2.31. The van der Waals surface area contributed by atoms with E-state index in [1.54, 1.807) is 24.7 Å². The Morgan fingerprint density at radius 1 is 1.70 bits per heavy atom. The van der Waals surface area contributed by atoms with E-state index in [0.717, 1.165) is 4.47 Å². The molecule has 0 bridgehead atoms. The van der Waals surface area contributed by atoms with Crippen molar-refractivity contribution in [3.63, 3.8) is 0 Å². The fourth-order valence-corrected chi connectivity index (χ4v) is 1.94. The van der Waals surface area contributed by atoms with E-state index in [-0.39, 0.29) is 0 Å². The van der Waals surface area contributed by atoms with E-state index in [2.05, 4.69) is 15.9 Å². The van der Waals surface area contributed by atoms with Crippen LogP contribution in [0.3, 0.4) is 0 Å². The molecule has 1 aromatic rings. The molecule has 0 atom stereocenters. The van der Waals surface area contributed by atoms with Crippen LogP contribution in [0.15, 0.2) is 22.2 Å². The lowest BCUT2D eigenvalue weighted by Crippen LogP contribution is -1.64. The summed E-state index contributed by atoms with van der Waals surface area (Å²) in [6, 6.07) is 2.01. The number of rotatable bonds is 2. The molecular weight excluding hydrogens is 212 g/mol. The highest BCUT2D eigenvalue weighted by atomic mass is 79.9. The Labute approximate surface area is 72.5 Å². The summed E-state index contributed by atoms with van der Waals surface area (Å²) in [5, 5.41) is 2.03. The minimum Gasteiger partial charge on any atom is -0.504 e. The van der Waals surface area contributed by atoms with Crippen molar-refractivity contribution in [3.05, 3.63) is 27.1 Å². The van der Waals surface area contributed by atoms with Gasteiger partial charge in [0.15, 0.2) is 0 Å². The molecule has 0 spiro atoms. The van der Waals surface area contributed by atoms with Gasteiger partial charge < -0.3 is 4.74 Å². The van der Waals surface area contributed by atoms with Crippen molar-refractivity contribution >= 4 is 33.3 Å². The topological polar surface area (TPSA) is 9.23 Å². The van der Waals surface area contributed by atoms with Gasteiger partial charge in [-0.2, -0.15) is 0 Å². The smallest absolute Gasteiger partial charge is 0.0839 e. The number of hydrogen-bond donors (Lipinski definition) is 0. The lowest BCUT2D eigenvalue weighted by molar-refractivity contribution is 0.341.